The molecule has 0 radical (unpaired) electrons. The number of carboxylic acids is 1. The Balaban J connectivity index is 1.75. The van der Waals surface area contributed by atoms with Crippen molar-refractivity contribution < 1.29 is 34.4 Å². The molecule has 2 aliphatic rings. The number of aliphatic hydroxyl groups excluding tert-OH is 2. The normalized spacial score (nSPS) is 24.2. The van der Waals surface area contributed by atoms with E-state index in [-0.39, 0.29) is 12.0 Å². The molecule has 1 aromatic carbocycles. The number of rotatable bonds is 7. The zero-order valence-electron chi connectivity index (χ0n) is 15.7. The summed E-state index contributed by atoms with van der Waals surface area (Å²) in [5, 5.41) is 33.4. The Bertz CT molecular complexity index is 851. The van der Waals surface area contributed by atoms with Gasteiger partial charge in [0.15, 0.2) is 0 Å². The van der Waals surface area contributed by atoms with Gasteiger partial charge in [-0.1, -0.05) is 6.07 Å². The standard InChI is InChI=1S/C20H24N2O7/c21-19(27)14(9-17(24)25)22-20(28)12-7-15(23)18(26)16(8-12)29-13-5-4-10-2-1-3-11(10)6-13/h4-6,8,14-16,18,23,26H,1-3,7,9H2,(H2,21,27)(H,22,28)(H,24,25)/p-1/t14-,15-,16-,18-/m1/s1. The highest BCUT2D eigenvalue weighted by molar-refractivity contribution is 5.97. The number of ether oxygens (including phenoxy) is 1. The van der Waals surface area contributed by atoms with Crippen molar-refractivity contribution in [2.24, 2.45) is 5.73 Å². The number of carbonyl (C=O) groups is 3. The van der Waals surface area contributed by atoms with Crippen LogP contribution in [0.2, 0.25) is 0 Å². The highest BCUT2D eigenvalue weighted by Crippen LogP contribution is 2.29. The highest BCUT2D eigenvalue weighted by atomic mass is 16.5. The fourth-order valence-electron chi connectivity index (χ4n) is 3.62. The zero-order valence-corrected chi connectivity index (χ0v) is 15.7. The third-order valence-electron chi connectivity index (χ3n) is 5.18. The number of fused-ring (bicyclic) bond motifs is 1. The summed E-state index contributed by atoms with van der Waals surface area (Å²) in [7, 11) is 0. The summed E-state index contributed by atoms with van der Waals surface area (Å²) in [4.78, 5) is 34.5. The monoisotopic (exact) mass is 403 g/mol. The van der Waals surface area contributed by atoms with Gasteiger partial charge in [0.05, 0.1) is 6.10 Å². The number of aliphatic hydroxyl groups is 2. The summed E-state index contributed by atoms with van der Waals surface area (Å²) >= 11 is 0. The number of amides is 2. The lowest BCUT2D eigenvalue weighted by atomic mass is 9.91. The number of carbonyl (C=O) groups excluding carboxylic acids is 3. The van der Waals surface area contributed by atoms with Gasteiger partial charge in [0.25, 0.3) is 0 Å². The van der Waals surface area contributed by atoms with Crippen LogP contribution in [0.4, 0.5) is 0 Å². The Hall–Kier alpha value is -2.91. The first-order valence-electron chi connectivity index (χ1n) is 9.40. The van der Waals surface area contributed by atoms with E-state index in [2.05, 4.69) is 5.32 Å². The smallest absolute Gasteiger partial charge is 0.247 e. The molecule has 9 nitrogen and oxygen atoms in total. The van der Waals surface area contributed by atoms with Crippen LogP contribution in [0.25, 0.3) is 0 Å². The number of aliphatic carboxylic acids is 1. The maximum absolute atomic E-state index is 12.4. The molecule has 0 aliphatic heterocycles. The lowest BCUT2D eigenvalue weighted by molar-refractivity contribution is -0.306. The number of nitrogens with two attached hydrogens (primary N) is 1. The number of nitrogens with one attached hydrogen (secondary N) is 1. The van der Waals surface area contributed by atoms with Crippen LogP contribution in [-0.4, -0.2) is 52.4 Å². The van der Waals surface area contributed by atoms with Crippen molar-refractivity contribution in [2.45, 2.75) is 56.5 Å². The lowest BCUT2D eigenvalue weighted by Crippen LogP contribution is -2.50. The number of hydrogen-bond acceptors (Lipinski definition) is 7. The van der Waals surface area contributed by atoms with Crippen LogP contribution >= 0.6 is 0 Å². The summed E-state index contributed by atoms with van der Waals surface area (Å²) in [6.45, 7) is 0. The van der Waals surface area contributed by atoms with E-state index < -0.39 is 48.6 Å². The van der Waals surface area contributed by atoms with Gasteiger partial charge in [-0.05, 0) is 48.6 Å². The number of aryl methyl sites for hydroxylation is 2. The third-order valence-corrected chi connectivity index (χ3v) is 5.18. The summed E-state index contributed by atoms with van der Waals surface area (Å²) in [6, 6.07) is 4.16. The van der Waals surface area contributed by atoms with E-state index in [0.29, 0.717) is 5.75 Å². The third kappa shape index (κ3) is 4.93. The van der Waals surface area contributed by atoms with Gasteiger partial charge in [-0.25, -0.2) is 0 Å². The van der Waals surface area contributed by atoms with Gasteiger partial charge >= 0.3 is 0 Å². The Morgan fingerprint density at radius 3 is 2.66 bits per heavy atom. The molecule has 1 aromatic rings. The first kappa shape index (κ1) is 20.8. The molecule has 0 aromatic heterocycles. The van der Waals surface area contributed by atoms with E-state index in [1.54, 1.807) is 6.07 Å². The molecule has 0 spiro atoms. The first-order valence-corrected chi connectivity index (χ1v) is 9.40. The van der Waals surface area contributed by atoms with Gasteiger partial charge in [-0.3, -0.25) is 9.59 Å². The molecule has 0 saturated carbocycles. The lowest BCUT2D eigenvalue weighted by Gasteiger charge is -2.31. The van der Waals surface area contributed by atoms with Crippen molar-refractivity contribution in [3.63, 3.8) is 0 Å². The summed E-state index contributed by atoms with van der Waals surface area (Å²) in [6.07, 6.45) is -0.0911. The van der Waals surface area contributed by atoms with E-state index in [1.807, 2.05) is 12.1 Å². The van der Waals surface area contributed by atoms with E-state index in [4.69, 9.17) is 10.5 Å². The van der Waals surface area contributed by atoms with E-state index in [9.17, 15) is 29.7 Å². The van der Waals surface area contributed by atoms with Crippen LogP contribution in [0.5, 0.6) is 5.75 Å². The minimum Gasteiger partial charge on any atom is -0.550 e. The fourth-order valence-corrected chi connectivity index (χ4v) is 3.62. The van der Waals surface area contributed by atoms with Gasteiger partial charge < -0.3 is 35.9 Å². The average Bonchev–Trinajstić information content (AvgIpc) is 3.12. The van der Waals surface area contributed by atoms with Crippen LogP contribution < -0.4 is 20.9 Å². The van der Waals surface area contributed by atoms with Crippen molar-refractivity contribution in [1.29, 1.82) is 0 Å². The first-order chi connectivity index (χ1) is 13.7. The van der Waals surface area contributed by atoms with Gasteiger partial charge in [-0.2, -0.15) is 0 Å². The van der Waals surface area contributed by atoms with E-state index in [1.165, 1.54) is 17.2 Å². The summed E-state index contributed by atoms with van der Waals surface area (Å²) < 4.78 is 5.80. The molecule has 0 fully saturated rings. The Morgan fingerprint density at radius 2 is 1.97 bits per heavy atom. The second-order valence-electron chi connectivity index (χ2n) is 7.33. The van der Waals surface area contributed by atoms with E-state index >= 15 is 0 Å². The number of carboxylic acid groups (broad SMARTS) is 1. The van der Waals surface area contributed by atoms with Crippen molar-refractivity contribution in [3.05, 3.63) is 41.0 Å². The molecular formula is C20H23N2O7-. The molecule has 29 heavy (non-hydrogen) atoms. The van der Waals surface area contributed by atoms with Crippen LogP contribution in [0.3, 0.4) is 0 Å². The van der Waals surface area contributed by atoms with Crippen molar-refractivity contribution >= 4 is 17.8 Å². The van der Waals surface area contributed by atoms with Crippen LogP contribution in [0, 0.1) is 0 Å². The zero-order chi connectivity index (χ0) is 21.1. The highest BCUT2D eigenvalue weighted by Gasteiger charge is 2.35. The number of hydrogen-bond donors (Lipinski definition) is 4. The maximum atomic E-state index is 12.4. The molecule has 0 saturated heterocycles. The second-order valence-corrected chi connectivity index (χ2v) is 7.33. The summed E-state index contributed by atoms with van der Waals surface area (Å²) in [5.41, 5.74) is 7.58. The molecule has 0 unspecified atom stereocenters. The molecule has 0 heterocycles. The minimum absolute atomic E-state index is 0.0542. The molecular weight excluding hydrogens is 380 g/mol. The van der Waals surface area contributed by atoms with Crippen LogP contribution in [0.15, 0.2) is 29.8 Å². The Labute approximate surface area is 167 Å². The quantitative estimate of drug-likeness (QED) is 0.413. The topological polar surface area (TPSA) is 162 Å². The molecule has 0 bridgehead atoms. The SMILES string of the molecule is NC(=O)[C@@H](CC(=O)[O-])NC(=O)C1=C[C@@H](Oc2ccc3c(c2)CCC3)[C@H](O)[C@H](O)C1. The Morgan fingerprint density at radius 1 is 1.24 bits per heavy atom. The molecule has 156 valence electrons. The molecule has 3 rings (SSSR count). The second kappa shape index (κ2) is 8.62. The van der Waals surface area contributed by atoms with Crippen molar-refractivity contribution in [3.8, 4) is 5.75 Å². The van der Waals surface area contributed by atoms with Gasteiger partial charge in [-0.15, -0.1) is 0 Å². The molecule has 2 aliphatic carbocycles. The minimum atomic E-state index is -1.54. The van der Waals surface area contributed by atoms with Crippen molar-refractivity contribution in [1.82, 2.24) is 5.32 Å². The largest absolute Gasteiger partial charge is 0.550 e. The molecule has 2 amide bonds. The van der Waals surface area contributed by atoms with Crippen LogP contribution in [0.1, 0.15) is 30.4 Å². The predicted octanol–water partition coefficient (Wildman–Crippen LogP) is -1.92. The maximum Gasteiger partial charge on any atom is 0.247 e. The molecule has 5 N–H and O–H groups in total. The van der Waals surface area contributed by atoms with Crippen molar-refractivity contribution in [2.75, 3.05) is 0 Å². The average molecular weight is 403 g/mol. The number of primary amides is 1. The van der Waals surface area contributed by atoms with E-state index in [0.717, 1.165) is 19.3 Å². The van der Waals surface area contributed by atoms with Gasteiger partial charge in [0.2, 0.25) is 11.8 Å². The molecule has 9 heteroatoms. The fraction of sp³-hybridized carbons (Fsp3) is 0.450. The molecule has 4 atom stereocenters. The number of benzene rings is 1. The van der Waals surface area contributed by atoms with Gasteiger partial charge in [0, 0.05) is 24.4 Å². The van der Waals surface area contributed by atoms with Crippen LogP contribution in [-0.2, 0) is 27.2 Å². The predicted molar refractivity (Wildman–Crippen MR) is 98.3 cm³/mol. The summed E-state index contributed by atoms with van der Waals surface area (Å²) in [5.74, 6) is -2.83. The van der Waals surface area contributed by atoms with Gasteiger partial charge in [0.1, 0.15) is 24.0 Å². The Kier molecular flexibility index (Phi) is 6.19.